The molecule has 0 atom stereocenters. The van der Waals surface area contributed by atoms with Crippen LogP contribution in [0.1, 0.15) is 5.56 Å². The Kier molecular flexibility index (Phi) is 1.95. The summed E-state index contributed by atoms with van der Waals surface area (Å²) in [7, 11) is 1.78. The van der Waals surface area contributed by atoms with Gasteiger partial charge in [-0.15, -0.1) is 0 Å². The Morgan fingerprint density at radius 3 is 2.94 bits per heavy atom. The highest BCUT2D eigenvalue weighted by Gasteiger charge is 2.24. The van der Waals surface area contributed by atoms with E-state index in [4.69, 9.17) is 10.3 Å². The van der Waals surface area contributed by atoms with Crippen molar-refractivity contribution in [1.29, 1.82) is 0 Å². The third-order valence-electron chi connectivity index (χ3n) is 2.97. The van der Waals surface area contributed by atoms with Crippen molar-refractivity contribution in [3.05, 3.63) is 29.8 Å². The maximum atomic E-state index is 11.6. The molecule has 0 saturated carbocycles. The number of carbonyl (C=O) groups is 1. The maximum absolute atomic E-state index is 11.6. The number of benzene rings is 1. The molecule has 3 rings (SSSR count). The van der Waals surface area contributed by atoms with E-state index in [0.717, 1.165) is 16.8 Å². The van der Waals surface area contributed by atoms with Crippen molar-refractivity contribution >= 4 is 17.4 Å². The lowest BCUT2D eigenvalue weighted by Gasteiger charge is -2.09. The predicted molar refractivity (Wildman–Crippen MR) is 63.5 cm³/mol. The van der Waals surface area contributed by atoms with Crippen molar-refractivity contribution in [3.63, 3.8) is 0 Å². The Balaban J connectivity index is 2.06. The van der Waals surface area contributed by atoms with E-state index in [9.17, 15) is 4.79 Å². The third-order valence-corrected chi connectivity index (χ3v) is 2.97. The lowest BCUT2D eigenvalue weighted by atomic mass is 10.1. The number of rotatable bonds is 1. The van der Waals surface area contributed by atoms with Crippen LogP contribution in [-0.4, -0.2) is 18.1 Å². The molecule has 0 bridgehead atoms. The molecule has 2 aromatic rings. The standard InChI is InChI=1S/C12H11N3O2/c1-15-9-3-2-7(4-8(9)5-12(15)16)10-6-11(13)14-17-10/h2-4,6H,5H2,1H3,(H2,13,14). The largest absolute Gasteiger partial charge is 0.381 e. The summed E-state index contributed by atoms with van der Waals surface area (Å²) in [6.45, 7) is 0. The molecule has 2 N–H and O–H groups in total. The van der Waals surface area contributed by atoms with Crippen LogP contribution in [0.4, 0.5) is 11.5 Å². The lowest BCUT2D eigenvalue weighted by Crippen LogP contribution is -2.20. The number of nitrogens with zero attached hydrogens (tertiary/aromatic N) is 2. The third kappa shape index (κ3) is 1.47. The van der Waals surface area contributed by atoms with E-state index in [-0.39, 0.29) is 5.91 Å². The van der Waals surface area contributed by atoms with Crippen LogP contribution in [0.25, 0.3) is 11.3 Å². The lowest BCUT2D eigenvalue weighted by molar-refractivity contribution is -0.117. The quantitative estimate of drug-likeness (QED) is 0.803. The highest BCUT2D eigenvalue weighted by atomic mass is 16.5. The molecule has 1 amide bonds. The molecule has 1 aromatic carbocycles. The number of carbonyl (C=O) groups excluding carboxylic acids is 1. The van der Waals surface area contributed by atoms with Crippen molar-refractivity contribution in [2.24, 2.45) is 0 Å². The SMILES string of the molecule is CN1C(=O)Cc2cc(-c3cc(N)no3)ccc21. The molecule has 0 spiro atoms. The Hall–Kier alpha value is -2.30. The minimum atomic E-state index is 0.106. The first kappa shape index (κ1) is 9.89. The molecule has 5 heteroatoms. The number of nitrogen functional groups attached to an aromatic ring is 1. The molecule has 0 unspecified atom stereocenters. The zero-order valence-corrected chi connectivity index (χ0v) is 9.30. The maximum Gasteiger partial charge on any atom is 0.231 e. The summed E-state index contributed by atoms with van der Waals surface area (Å²) in [5.41, 5.74) is 8.35. The second kappa shape index (κ2) is 3.35. The fourth-order valence-corrected chi connectivity index (χ4v) is 2.05. The van der Waals surface area contributed by atoms with Crippen molar-refractivity contribution in [2.45, 2.75) is 6.42 Å². The molecule has 0 aliphatic carbocycles. The number of hydrogen-bond acceptors (Lipinski definition) is 4. The van der Waals surface area contributed by atoms with Gasteiger partial charge >= 0.3 is 0 Å². The van der Waals surface area contributed by atoms with Gasteiger partial charge in [0.15, 0.2) is 11.6 Å². The number of nitrogens with two attached hydrogens (primary N) is 1. The Morgan fingerprint density at radius 2 is 2.24 bits per heavy atom. The summed E-state index contributed by atoms with van der Waals surface area (Å²) in [5, 5.41) is 3.64. The number of anilines is 2. The van der Waals surface area contributed by atoms with Crippen molar-refractivity contribution in [3.8, 4) is 11.3 Å². The Morgan fingerprint density at radius 1 is 1.41 bits per heavy atom. The average molecular weight is 229 g/mol. The molecule has 0 saturated heterocycles. The van der Waals surface area contributed by atoms with Gasteiger partial charge in [0.25, 0.3) is 0 Å². The zero-order valence-electron chi connectivity index (χ0n) is 9.30. The molecule has 0 radical (unpaired) electrons. The van der Waals surface area contributed by atoms with E-state index in [1.807, 2.05) is 18.2 Å². The first-order valence-corrected chi connectivity index (χ1v) is 5.27. The molecule has 0 fully saturated rings. The predicted octanol–water partition coefficient (Wildman–Crippen LogP) is 1.44. The average Bonchev–Trinajstić information content (AvgIpc) is 2.85. The number of fused-ring (bicyclic) bond motifs is 1. The van der Waals surface area contributed by atoms with E-state index >= 15 is 0 Å². The van der Waals surface area contributed by atoms with Gasteiger partial charge in [-0.25, -0.2) is 0 Å². The number of amides is 1. The van der Waals surface area contributed by atoms with Crippen LogP contribution in [0, 0.1) is 0 Å². The second-order valence-electron chi connectivity index (χ2n) is 4.09. The summed E-state index contributed by atoms with van der Waals surface area (Å²) in [4.78, 5) is 13.2. The number of likely N-dealkylation sites (N-methyl/N-ethyl adjacent to an activating group) is 1. The highest BCUT2D eigenvalue weighted by Crippen LogP contribution is 2.32. The molecular formula is C12H11N3O2. The monoisotopic (exact) mass is 229 g/mol. The summed E-state index contributed by atoms with van der Waals surface area (Å²) in [5.74, 6) is 1.08. The van der Waals surface area contributed by atoms with Crippen molar-refractivity contribution in [1.82, 2.24) is 5.16 Å². The van der Waals surface area contributed by atoms with Crippen molar-refractivity contribution in [2.75, 3.05) is 17.7 Å². The normalized spacial score (nSPS) is 14.2. The zero-order chi connectivity index (χ0) is 12.0. The highest BCUT2D eigenvalue weighted by molar-refractivity contribution is 6.01. The minimum absolute atomic E-state index is 0.106. The van der Waals surface area contributed by atoms with Gasteiger partial charge in [-0.3, -0.25) is 4.79 Å². The summed E-state index contributed by atoms with van der Waals surface area (Å²) < 4.78 is 5.09. The van der Waals surface area contributed by atoms with Gasteiger partial charge in [0, 0.05) is 24.4 Å². The van der Waals surface area contributed by atoms with Crippen LogP contribution >= 0.6 is 0 Å². The van der Waals surface area contributed by atoms with Gasteiger partial charge < -0.3 is 15.2 Å². The molecular weight excluding hydrogens is 218 g/mol. The van der Waals surface area contributed by atoms with Gasteiger partial charge in [-0.2, -0.15) is 0 Å². The summed E-state index contributed by atoms with van der Waals surface area (Å²) in [6, 6.07) is 7.42. The van der Waals surface area contributed by atoms with E-state index in [1.165, 1.54) is 0 Å². The van der Waals surface area contributed by atoms with Crippen LogP contribution in [0.3, 0.4) is 0 Å². The fraction of sp³-hybridized carbons (Fsp3) is 0.167. The van der Waals surface area contributed by atoms with Crippen LogP contribution in [0.5, 0.6) is 0 Å². The van der Waals surface area contributed by atoms with E-state index in [0.29, 0.717) is 18.0 Å². The first-order valence-electron chi connectivity index (χ1n) is 5.27. The van der Waals surface area contributed by atoms with Crippen LogP contribution in [0.15, 0.2) is 28.8 Å². The van der Waals surface area contributed by atoms with E-state index in [1.54, 1.807) is 18.0 Å². The van der Waals surface area contributed by atoms with Crippen molar-refractivity contribution < 1.29 is 9.32 Å². The molecule has 1 aliphatic heterocycles. The summed E-state index contributed by atoms with van der Waals surface area (Å²) in [6.07, 6.45) is 0.434. The Labute approximate surface area is 97.8 Å². The smallest absolute Gasteiger partial charge is 0.231 e. The molecule has 17 heavy (non-hydrogen) atoms. The van der Waals surface area contributed by atoms with Gasteiger partial charge in [0.05, 0.1) is 6.42 Å². The second-order valence-corrected chi connectivity index (χ2v) is 4.09. The first-order chi connectivity index (χ1) is 8.15. The molecule has 1 aliphatic rings. The Bertz CT molecular complexity index is 604. The van der Waals surface area contributed by atoms with Gasteiger partial charge in [0.2, 0.25) is 5.91 Å². The number of aromatic nitrogens is 1. The van der Waals surface area contributed by atoms with Gasteiger partial charge in [-0.05, 0) is 23.8 Å². The van der Waals surface area contributed by atoms with Crippen LogP contribution in [0.2, 0.25) is 0 Å². The van der Waals surface area contributed by atoms with Crippen LogP contribution in [-0.2, 0) is 11.2 Å². The van der Waals surface area contributed by atoms with Gasteiger partial charge in [-0.1, -0.05) is 5.16 Å². The molecule has 5 nitrogen and oxygen atoms in total. The molecule has 86 valence electrons. The topological polar surface area (TPSA) is 72.4 Å². The fourth-order valence-electron chi connectivity index (χ4n) is 2.05. The van der Waals surface area contributed by atoms with E-state index in [2.05, 4.69) is 5.16 Å². The van der Waals surface area contributed by atoms with Crippen LogP contribution < -0.4 is 10.6 Å². The molecule has 1 aromatic heterocycles. The minimum Gasteiger partial charge on any atom is -0.381 e. The summed E-state index contributed by atoms with van der Waals surface area (Å²) >= 11 is 0. The van der Waals surface area contributed by atoms with Gasteiger partial charge in [0.1, 0.15) is 0 Å². The molecule has 2 heterocycles. The van der Waals surface area contributed by atoms with E-state index < -0.39 is 0 Å². The number of hydrogen-bond donors (Lipinski definition) is 1.